The van der Waals surface area contributed by atoms with Crippen molar-refractivity contribution in [2.24, 2.45) is 0 Å². The molecule has 3 nitrogen and oxygen atoms in total. The molecule has 0 fully saturated rings. The Labute approximate surface area is 121 Å². The van der Waals surface area contributed by atoms with Crippen LogP contribution in [0.1, 0.15) is 60.5 Å². The van der Waals surface area contributed by atoms with Crippen LogP contribution in [-0.2, 0) is 9.53 Å². The number of Topliss-reactive ketones (excluding diaryl/α,β-unsaturated/α-hetero) is 1. The van der Waals surface area contributed by atoms with Crippen LogP contribution < -0.4 is 0 Å². The molecule has 0 aromatic heterocycles. The number of carbonyl (C=O) groups is 2. The molecular formula is C17H24O3. The highest BCUT2D eigenvalue weighted by Crippen LogP contribution is 2.13. The molecule has 0 saturated heterocycles. The van der Waals surface area contributed by atoms with Crippen molar-refractivity contribution in [2.45, 2.75) is 52.9 Å². The Kier molecular flexibility index (Phi) is 6.99. The highest BCUT2D eigenvalue weighted by Gasteiger charge is 2.07. The molecule has 1 aromatic carbocycles. The molecule has 0 heterocycles. The maximum Gasteiger partial charge on any atom is 0.305 e. The lowest BCUT2D eigenvalue weighted by Crippen LogP contribution is -2.04. The van der Waals surface area contributed by atoms with Gasteiger partial charge in [-0.3, -0.25) is 9.59 Å². The largest absolute Gasteiger partial charge is 0.466 e. The Balaban J connectivity index is 2.28. The van der Waals surface area contributed by atoms with Crippen LogP contribution in [0.25, 0.3) is 0 Å². The lowest BCUT2D eigenvalue weighted by atomic mass is 10.0. The first kappa shape index (κ1) is 16.4. The van der Waals surface area contributed by atoms with Crippen LogP contribution in [0.5, 0.6) is 0 Å². The third kappa shape index (κ3) is 6.00. The summed E-state index contributed by atoms with van der Waals surface area (Å²) in [7, 11) is 0. The lowest BCUT2D eigenvalue weighted by Gasteiger charge is -2.05. The molecule has 0 spiro atoms. The maximum absolute atomic E-state index is 12.1. The number of carbonyl (C=O) groups excluding carboxylic acids is 2. The zero-order valence-electron chi connectivity index (χ0n) is 12.7. The molecule has 110 valence electrons. The maximum atomic E-state index is 12.1. The molecule has 0 unspecified atom stereocenters. The molecule has 0 radical (unpaired) electrons. The summed E-state index contributed by atoms with van der Waals surface area (Å²) < 4.78 is 4.86. The fraction of sp³-hybridized carbons (Fsp3) is 0.529. The molecule has 0 atom stereocenters. The normalized spacial score (nSPS) is 10.3. The van der Waals surface area contributed by atoms with Crippen molar-refractivity contribution in [1.29, 1.82) is 0 Å². The van der Waals surface area contributed by atoms with E-state index in [0.29, 0.717) is 19.4 Å². The van der Waals surface area contributed by atoms with Gasteiger partial charge in [-0.25, -0.2) is 0 Å². The van der Waals surface area contributed by atoms with E-state index in [1.165, 1.54) is 0 Å². The average Bonchev–Trinajstić information content (AvgIpc) is 2.37. The molecular weight excluding hydrogens is 252 g/mol. The quantitative estimate of drug-likeness (QED) is 0.409. The van der Waals surface area contributed by atoms with Crippen LogP contribution in [0, 0.1) is 13.8 Å². The van der Waals surface area contributed by atoms with Crippen molar-refractivity contribution in [2.75, 3.05) is 6.61 Å². The summed E-state index contributed by atoms with van der Waals surface area (Å²) in [6.07, 6.45) is 3.50. The Morgan fingerprint density at radius 2 is 1.55 bits per heavy atom. The van der Waals surface area contributed by atoms with E-state index in [4.69, 9.17) is 4.74 Å². The summed E-state index contributed by atoms with van der Waals surface area (Å²) in [6.45, 7) is 6.25. The van der Waals surface area contributed by atoms with Gasteiger partial charge in [0.05, 0.1) is 6.61 Å². The molecule has 1 aromatic rings. The van der Waals surface area contributed by atoms with Crippen LogP contribution >= 0.6 is 0 Å². The van der Waals surface area contributed by atoms with Gasteiger partial charge in [-0.05, 0) is 45.7 Å². The number of hydrogen-bond donors (Lipinski definition) is 0. The second kappa shape index (κ2) is 8.51. The van der Waals surface area contributed by atoms with Crippen LogP contribution in [0.15, 0.2) is 18.2 Å². The first-order valence-corrected chi connectivity index (χ1v) is 7.30. The number of esters is 1. The first-order valence-electron chi connectivity index (χ1n) is 7.30. The van der Waals surface area contributed by atoms with Crippen LogP contribution in [0.4, 0.5) is 0 Å². The molecule has 1 rings (SSSR count). The number of aryl methyl sites for hydroxylation is 2. The average molecular weight is 276 g/mol. The minimum Gasteiger partial charge on any atom is -0.466 e. The topological polar surface area (TPSA) is 43.4 Å². The summed E-state index contributed by atoms with van der Waals surface area (Å²) in [4.78, 5) is 23.2. The van der Waals surface area contributed by atoms with Crippen LogP contribution in [0.2, 0.25) is 0 Å². The van der Waals surface area contributed by atoms with Crippen LogP contribution in [-0.4, -0.2) is 18.4 Å². The fourth-order valence-corrected chi connectivity index (χ4v) is 2.24. The van der Waals surface area contributed by atoms with E-state index in [1.807, 2.05) is 26.0 Å². The minimum absolute atomic E-state index is 0.145. The molecule has 0 aliphatic carbocycles. The summed E-state index contributed by atoms with van der Waals surface area (Å²) >= 11 is 0. The number of hydrogen-bond acceptors (Lipinski definition) is 3. The van der Waals surface area contributed by atoms with E-state index in [1.54, 1.807) is 6.92 Å². The van der Waals surface area contributed by atoms with Gasteiger partial charge in [0.1, 0.15) is 0 Å². The third-order valence-corrected chi connectivity index (χ3v) is 3.13. The van der Waals surface area contributed by atoms with E-state index in [9.17, 15) is 9.59 Å². The number of ketones is 1. The van der Waals surface area contributed by atoms with E-state index in [2.05, 4.69) is 6.07 Å². The van der Waals surface area contributed by atoms with Crippen molar-refractivity contribution < 1.29 is 14.3 Å². The second-order valence-corrected chi connectivity index (χ2v) is 5.17. The molecule has 0 aliphatic heterocycles. The van der Waals surface area contributed by atoms with E-state index < -0.39 is 0 Å². The number of benzene rings is 1. The van der Waals surface area contributed by atoms with E-state index in [-0.39, 0.29) is 11.8 Å². The van der Waals surface area contributed by atoms with Crippen LogP contribution in [0.3, 0.4) is 0 Å². The van der Waals surface area contributed by atoms with Gasteiger partial charge >= 0.3 is 5.97 Å². The fourth-order valence-electron chi connectivity index (χ4n) is 2.24. The van der Waals surface area contributed by atoms with Gasteiger partial charge in [-0.2, -0.15) is 0 Å². The molecule has 20 heavy (non-hydrogen) atoms. The van der Waals surface area contributed by atoms with E-state index in [0.717, 1.165) is 36.0 Å². The van der Waals surface area contributed by atoms with Gasteiger partial charge in [0.25, 0.3) is 0 Å². The van der Waals surface area contributed by atoms with Gasteiger partial charge in [-0.1, -0.05) is 23.6 Å². The van der Waals surface area contributed by atoms with Crippen molar-refractivity contribution in [1.82, 2.24) is 0 Å². The molecule has 0 amide bonds. The molecule has 0 bridgehead atoms. The van der Waals surface area contributed by atoms with Crippen molar-refractivity contribution in [3.8, 4) is 0 Å². The summed E-state index contributed by atoms with van der Waals surface area (Å²) in [5, 5.41) is 0. The van der Waals surface area contributed by atoms with Crippen molar-refractivity contribution in [3.05, 3.63) is 34.9 Å². The zero-order chi connectivity index (χ0) is 15.0. The Hall–Kier alpha value is -1.64. The smallest absolute Gasteiger partial charge is 0.305 e. The van der Waals surface area contributed by atoms with Gasteiger partial charge in [0, 0.05) is 18.4 Å². The Bertz CT molecular complexity index is 443. The third-order valence-electron chi connectivity index (χ3n) is 3.13. The monoisotopic (exact) mass is 276 g/mol. The van der Waals surface area contributed by atoms with Crippen molar-refractivity contribution >= 4 is 11.8 Å². The standard InChI is InChI=1S/C17H24O3/c1-4-20-17(19)9-7-5-6-8-16(18)15-11-13(2)10-14(3)12-15/h10-12H,4-9H2,1-3H3. The highest BCUT2D eigenvalue weighted by atomic mass is 16.5. The minimum atomic E-state index is -0.145. The van der Waals surface area contributed by atoms with Crippen molar-refractivity contribution in [3.63, 3.8) is 0 Å². The van der Waals surface area contributed by atoms with Gasteiger partial charge in [0.2, 0.25) is 0 Å². The lowest BCUT2D eigenvalue weighted by molar-refractivity contribution is -0.143. The summed E-state index contributed by atoms with van der Waals surface area (Å²) in [5.41, 5.74) is 3.04. The highest BCUT2D eigenvalue weighted by molar-refractivity contribution is 5.96. The molecule has 0 aliphatic rings. The summed E-state index contributed by atoms with van der Waals surface area (Å²) in [6, 6.07) is 5.94. The number of ether oxygens (including phenoxy) is 1. The van der Waals surface area contributed by atoms with E-state index >= 15 is 0 Å². The zero-order valence-corrected chi connectivity index (χ0v) is 12.7. The number of unbranched alkanes of at least 4 members (excludes halogenated alkanes) is 2. The predicted octanol–water partition coefficient (Wildman–Crippen LogP) is 4.00. The molecule has 0 N–H and O–H groups in total. The second-order valence-electron chi connectivity index (χ2n) is 5.17. The van der Waals surface area contributed by atoms with Gasteiger partial charge < -0.3 is 4.74 Å². The number of rotatable bonds is 8. The predicted molar refractivity (Wildman–Crippen MR) is 80.0 cm³/mol. The van der Waals surface area contributed by atoms with Gasteiger partial charge in [0.15, 0.2) is 5.78 Å². The summed E-state index contributed by atoms with van der Waals surface area (Å²) in [5.74, 6) is 0.0427. The SMILES string of the molecule is CCOC(=O)CCCCCC(=O)c1cc(C)cc(C)c1. The molecule has 3 heteroatoms. The Morgan fingerprint density at radius 3 is 2.15 bits per heavy atom. The molecule has 0 saturated carbocycles. The first-order chi connectivity index (χ1) is 9.52. The Morgan fingerprint density at radius 1 is 0.950 bits per heavy atom. The van der Waals surface area contributed by atoms with Gasteiger partial charge in [-0.15, -0.1) is 0 Å².